The highest BCUT2D eigenvalue weighted by Crippen LogP contribution is 2.15. The molecule has 2 aromatic carbocycles. The van der Waals surface area contributed by atoms with Crippen molar-refractivity contribution in [3.05, 3.63) is 65.7 Å². The highest BCUT2D eigenvalue weighted by atomic mass is 32.2. The zero-order valence-corrected chi connectivity index (χ0v) is 13.8. The fraction of sp³-hybridized carbons (Fsp3) is 0.176. The van der Waals surface area contributed by atoms with Gasteiger partial charge in [0.2, 0.25) is 0 Å². The van der Waals surface area contributed by atoms with Gasteiger partial charge < -0.3 is 10.4 Å². The van der Waals surface area contributed by atoms with E-state index in [9.17, 15) is 23.1 Å². The standard InChI is InChI=1S/C17H17NO5S/c1-24(22,23)15-10-6-5-9-13(15)16(19)18-14(17(20)21)11-12-7-3-2-4-8-12/h2-10,14H,11H2,1H3,(H,18,19)(H,20,21)/t14-/m0/s1. The molecule has 0 bridgehead atoms. The smallest absolute Gasteiger partial charge is 0.326 e. The number of carbonyl (C=O) groups excluding carboxylic acids is 1. The van der Waals surface area contributed by atoms with Crippen LogP contribution in [0.3, 0.4) is 0 Å². The summed E-state index contributed by atoms with van der Waals surface area (Å²) in [6, 6.07) is 13.4. The first-order valence-electron chi connectivity index (χ1n) is 7.15. The Morgan fingerprint density at radius 3 is 2.21 bits per heavy atom. The first-order valence-corrected chi connectivity index (χ1v) is 9.05. The van der Waals surface area contributed by atoms with Crippen LogP contribution in [0, 0.1) is 0 Å². The summed E-state index contributed by atoms with van der Waals surface area (Å²) >= 11 is 0. The minimum absolute atomic E-state index is 0.0701. The molecule has 0 unspecified atom stereocenters. The van der Waals surface area contributed by atoms with Crippen molar-refractivity contribution in [2.75, 3.05) is 6.26 Å². The molecule has 2 aromatic rings. The fourth-order valence-corrected chi connectivity index (χ4v) is 3.15. The number of sulfone groups is 1. The van der Waals surface area contributed by atoms with Gasteiger partial charge in [-0.15, -0.1) is 0 Å². The van der Waals surface area contributed by atoms with Gasteiger partial charge in [0.25, 0.3) is 5.91 Å². The lowest BCUT2D eigenvalue weighted by atomic mass is 10.1. The molecule has 0 fully saturated rings. The second-order valence-electron chi connectivity index (χ2n) is 5.32. The van der Waals surface area contributed by atoms with Crippen LogP contribution in [0.2, 0.25) is 0 Å². The van der Waals surface area contributed by atoms with Crippen molar-refractivity contribution in [3.63, 3.8) is 0 Å². The Bertz CT molecular complexity index is 846. The Hall–Kier alpha value is -2.67. The van der Waals surface area contributed by atoms with Crippen LogP contribution in [0.5, 0.6) is 0 Å². The Morgan fingerprint density at radius 1 is 1.04 bits per heavy atom. The molecule has 0 aliphatic heterocycles. The number of amides is 1. The Balaban J connectivity index is 2.25. The van der Waals surface area contributed by atoms with Crippen LogP contribution in [-0.4, -0.2) is 37.7 Å². The highest BCUT2D eigenvalue weighted by molar-refractivity contribution is 7.90. The third-order valence-electron chi connectivity index (χ3n) is 3.42. The normalized spacial score (nSPS) is 12.4. The molecule has 0 aliphatic rings. The summed E-state index contributed by atoms with van der Waals surface area (Å²) in [5.41, 5.74) is 0.681. The maximum absolute atomic E-state index is 12.4. The number of benzene rings is 2. The third-order valence-corrected chi connectivity index (χ3v) is 4.57. The average Bonchev–Trinajstić information content (AvgIpc) is 2.54. The minimum atomic E-state index is -3.60. The van der Waals surface area contributed by atoms with Gasteiger partial charge in [0.15, 0.2) is 9.84 Å². The van der Waals surface area contributed by atoms with Crippen molar-refractivity contribution >= 4 is 21.7 Å². The molecule has 6 nitrogen and oxygen atoms in total. The molecule has 0 saturated heterocycles. The van der Waals surface area contributed by atoms with Crippen molar-refractivity contribution in [3.8, 4) is 0 Å². The van der Waals surface area contributed by atoms with E-state index in [-0.39, 0.29) is 16.9 Å². The predicted octanol–water partition coefficient (Wildman–Crippen LogP) is 1.52. The molecule has 0 saturated carbocycles. The van der Waals surface area contributed by atoms with E-state index in [0.717, 1.165) is 11.8 Å². The quantitative estimate of drug-likeness (QED) is 0.825. The number of nitrogens with one attached hydrogen (secondary N) is 1. The number of carboxylic acid groups (broad SMARTS) is 1. The van der Waals surface area contributed by atoms with Gasteiger partial charge in [-0.1, -0.05) is 42.5 Å². The number of aliphatic carboxylic acids is 1. The maximum Gasteiger partial charge on any atom is 0.326 e. The first kappa shape index (κ1) is 17.7. The van der Waals surface area contributed by atoms with Gasteiger partial charge in [-0.25, -0.2) is 13.2 Å². The van der Waals surface area contributed by atoms with E-state index in [2.05, 4.69) is 5.32 Å². The van der Waals surface area contributed by atoms with Crippen molar-refractivity contribution in [2.24, 2.45) is 0 Å². The van der Waals surface area contributed by atoms with Crippen LogP contribution >= 0.6 is 0 Å². The summed E-state index contributed by atoms with van der Waals surface area (Å²) in [5, 5.41) is 11.7. The third kappa shape index (κ3) is 4.42. The number of hydrogen-bond donors (Lipinski definition) is 2. The van der Waals surface area contributed by atoms with Crippen LogP contribution in [0.15, 0.2) is 59.5 Å². The minimum Gasteiger partial charge on any atom is -0.480 e. The van der Waals surface area contributed by atoms with E-state index in [0.29, 0.717) is 0 Å². The van der Waals surface area contributed by atoms with Crippen molar-refractivity contribution in [1.29, 1.82) is 0 Å². The molecule has 2 N–H and O–H groups in total. The summed E-state index contributed by atoms with van der Waals surface area (Å²) in [6.45, 7) is 0. The van der Waals surface area contributed by atoms with Crippen LogP contribution in [0.1, 0.15) is 15.9 Å². The monoisotopic (exact) mass is 347 g/mol. The van der Waals surface area contributed by atoms with Crippen molar-refractivity contribution in [2.45, 2.75) is 17.4 Å². The lowest BCUT2D eigenvalue weighted by Crippen LogP contribution is -2.42. The SMILES string of the molecule is CS(=O)(=O)c1ccccc1C(=O)N[C@@H](Cc1ccccc1)C(=O)O. The highest BCUT2D eigenvalue weighted by Gasteiger charge is 2.24. The lowest BCUT2D eigenvalue weighted by molar-refractivity contribution is -0.139. The number of hydrogen-bond acceptors (Lipinski definition) is 4. The van der Waals surface area contributed by atoms with Crippen molar-refractivity contribution in [1.82, 2.24) is 5.32 Å². The van der Waals surface area contributed by atoms with Gasteiger partial charge in [0.1, 0.15) is 6.04 Å². The summed E-state index contributed by atoms with van der Waals surface area (Å²) in [6.07, 6.45) is 1.10. The molecule has 1 atom stereocenters. The van der Waals surface area contributed by atoms with E-state index in [4.69, 9.17) is 0 Å². The molecular formula is C17H17NO5S. The zero-order valence-electron chi connectivity index (χ0n) is 13.0. The van der Waals surface area contributed by atoms with Gasteiger partial charge in [0.05, 0.1) is 10.5 Å². The molecule has 126 valence electrons. The van der Waals surface area contributed by atoms with Crippen LogP contribution < -0.4 is 5.32 Å². The summed E-state index contributed by atoms with van der Waals surface area (Å²) in [5.74, 6) is -1.93. The van der Waals surface area contributed by atoms with Crippen molar-refractivity contribution < 1.29 is 23.1 Å². The van der Waals surface area contributed by atoms with Gasteiger partial charge in [0, 0.05) is 12.7 Å². The van der Waals surface area contributed by atoms with Gasteiger partial charge >= 0.3 is 5.97 Å². The van der Waals surface area contributed by atoms with E-state index < -0.39 is 27.8 Å². The fourth-order valence-electron chi connectivity index (χ4n) is 2.26. The number of carboxylic acids is 1. The summed E-state index contributed by atoms with van der Waals surface area (Å²) in [4.78, 5) is 23.7. The molecule has 0 aliphatic carbocycles. The second kappa shape index (κ2) is 7.27. The van der Waals surface area contributed by atoms with Crippen LogP contribution in [-0.2, 0) is 21.1 Å². The Morgan fingerprint density at radius 2 is 1.62 bits per heavy atom. The van der Waals surface area contributed by atoms with E-state index in [1.54, 1.807) is 30.3 Å². The van der Waals surface area contributed by atoms with Gasteiger partial charge in [-0.2, -0.15) is 0 Å². The first-order chi connectivity index (χ1) is 11.3. The average molecular weight is 347 g/mol. The zero-order chi connectivity index (χ0) is 17.7. The molecule has 0 radical (unpaired) electrons. The lowest BCUT2D eigenvalue weighted by Gasteiger charge is -2.16. The van der Waals surface area contributed by atoms with E-state index in [1.807, 2.05) is 0 Å². The molecule has 2 rings (SSSR count). The molecule has 1 amide bonds. The molecule has 0 spiro atoms. The topological polar surface area (TPSA) is 101 Å². The maximum atomic E-state index is 12.4. The van der Waals surface area contributed by atoms with Gasteiger partial charge in [-0.3, -0.25) is 4.79 Å². The summed E-state index contributed by atoms with van der Waals surface area (Å²) < 4.78 is 23.5. The van der Waals surface area contributed by atoms with Gasteiger partial charge in [-0.05, 0) is 17.7 Å². The Labute approximate surface area is 140 Å². The Kier molecular flexibility index (Phi) is 5.35. The number of carbonyl (C=O) groups is 2. The van der Waals surface area contributed by atoms with E-state index in [1.165, 1.54) is 24.3 Å². The van der Waals surface area contributed by atoms with Crippen LogP contribution in [0.25, 0.3) is 0 Å². The summed E-state index contributed by atoms with van der Waals surface area (Å²) in [7, 11) is -3.60. The second-order valence-corrected chi connectivity index (χ2v) is 7.31. The molecule has 24 heavy (non-hydrogen) atoms. The number of rotatable bonds is 6. The molecular weight excluding hydrogens is 330 g/mol. The van der Waals surface area contributed by atoms with E-state index >= 15 is 0 Å². The molecule has 7 heteroatoms. The largest absolute Gasteiger partial charge is 0.480 e. The van der Waals surface area contributed by atoms with Crippen LogP contribution in [0.4, 0.5) is 0 Å². The molecule has 0 heterocycles. The molecule has 0 aromatic heterocycles. The predicted molar refractivity (Wildman–Crippen MR) is 88.6 cm³/mol.